The van der Waals surface area contributed by atoms with E-state index in [0.29, 0.717) is 24.3 Å². The van der Waals surface area contributed by atoms with Crippen molar-refractivity contribution in [1.82, 2.24) is 4.31 Å². The molecule has 108 valence electrons. The molecule has 19 heavy (non-hydrogen) atoms. The van der Waals surface area contributed by atoms with Crippen molar-refractivity contribution in [3.63, 3.8) is 0 Å². The van der Waals surface area contributed by atoms with Crippen molar-refractivity contribution in [3.8, 4) is 0 Å². The highest BCUT2D eigenvalue weighted by Gasteiger charge is 2.17. The molecule has 0 aliphatic heterocycles. The van der Waals surface area contributed by atoms with Gasteiger partial charge in [0, 0.05) is 20.6 Å². The molecule has 0 aromatic heterocycles. The maximum absolute atomic E-state index is 11.9. The van der Waals surface area contributed by atoms with Gasteiger partial charge >= 0.3 is 0 Å². The lowest BCUT2D eigenvalue weighted by Gasteiger charge is -2.14. The number of benzene rings is 1. The number of rotatable bonds is 6. The van der Waals surface area contributed by atoms with Crippen molar-refractivity contribution in [1.29, 1.82) is 0 Å². The number of nitrogens with one attached hydrogen (secondary N) is 1. The molecule has 0 saturated carbocycles. The number of hydrogen-bond donors (Lipinski definition) is 3. The molecule has 1 unspecified atom stereocenters. The molecule has 7 heteroatoms. The van der Waals surface area contributed by atoms with Gasteiger partial charge in [0.15, 0.2) is 0 Å². The van der Waals surface area contributed by atoms with Gasteiger partial charge in [-0.2, -0.15) is 0 Å². The number of nitrogens with two attached hydrogens (primary N) is 1. The topological polar surface area (TPSA) is 95.7 Å². The van der Waals surface area contributed by atoms with Gasteiger partial charge in [0.25, 0.3) is 0 Å². The fourth-order valence-electron chi connectivity index (χ4n) is 1.49. The molecule has 1 aromatic rings. The minimum absolute atomic E-state index is 0.163. The summed E-state index contributed by atoms with van der Waals surface area (Å²) in [4.78, 5) is 0.163. The number of sulfonamides is 1. The Morgan fingerprint density at radius 1 is 1.42 bits per heavy atom. The molecule has 0 amide bonds. The van der Waals surface area contributed by atoms with Gasteiger partial charge in [-0.15, -0.1) is 0 Å². The number of nitrogen functional groups attached to an aromatic ring is 1. The number of nitrogens with zero attached hydrogens (tertiary/aromatic N) is 1. The summed E-state index contributed by atoms with van der Waals surface area (Å²) in [6.07, 6.45) is 0.208. The normalized spacial score (nSPS) is 13.5. The summed E-state index contributed by atoms with van der Waals surface area (Å²) in [5, 5.41) is 12.2. The zero-order valence-electron chi connectivity index (χ0n) is 11.4. The fourth-order valence-corrected chi connectivity index (χ4v) is 2.43. The Kier molecular flexibility index (Phi) is 5.16. The monoisotopic (exact) mass is 287 g/mol. The smallest absolute Gasteiger partial charge is 0.242 e. The summed E-state index contributed by atoms with van der Waals surface area (Å²) in [7, 11) is -0.519. The molecular weight excluding hydrogens is 266 g/mol. The van der Waals surface area contributed by atoms with Crippen molar-refractivity contribution < 1.29 is 13.5 Å². The Labute approximate surface area is 114 Å². The highest BCUT2D eigenvalue weighted by atomic mass is 32.2. The fraction of sp³-hybridized carbons (Fsp3) is 0.500. The van der Waals surface area contributed by atoms with Crippen LogP contribution in [0, 0.1) is 0 Å². The first-order valence-electron chi connectivity index (χ1n) is 5.99. The molecule has 0 saturated heterocycles. The first kappa shape index (κ1) is 15.7. The number of anilines is 2. The first-order chi connectivity index (χ1) is 8.75. The Morgan fingerprint density at radius 2 is 2.05 bits per heavy atom. The molecule has 0 heterocycles. The number of hydrogen-bond acceptors (Lipinski definition) is 5. The van der Waals surface area contributed by atoms with E-state index in [1.165, 1.54) is 26.2 Å². The van der Waals surface area contributed by atoms with Crippen molar-refractivity contribution in [2.75, 3.05) is 31.7 Å². The highest BCUT2D eigenvalue weighted by molar-refractivity contribution is 7.89. The van der Waals surface area contributed by atoms with Crippen LogP contribution >= 0.6 is 0 Å². The maximum atomic E-state index is 11.9. The van der Waals surface area contributed by atoms with E-state index in [2.05, 4.69) is 5.32 Å². The van der Waals surface area contributed by atoms with Crippen molar-refractivity contribution >= 4 is 21.4 Å². The molecule has 0 radical (unpaired) electrons. The zero-order chi connectivity index (χ0) is 14.6. The van der Waals surface area contributed by atoms with Gasteiger partial charge in [-0.1, -0.05) is 0 Å². The third kappa shape index (κ3) is 4.09. The molecule has 1 rings (SSSR count). The van der Waals surface area contributed by atoms with E-state index >= 15 is 0 Å². The van der Waals surface area contributed by atoms with Gasteiger partial charge in [0.2, 0.25) is 10.0 Å². The summed E-state index contributed by atoms with van der Waals surface area (Å²) in [6, 6.07) is 4.57. The molecule has 0 aliphatic rings. The van der Waals surface area contributed by atoms with Crippen LogP contribution < -0.4 is 11.1 Å². The van der Waals surface area contributed by atoms with Crippen LogP contribution in [-0.4, -0.2) is 44.6 Å². The summed E-state index contributed by atoms with van der Waals surface area (Å²) in [6.45, 7) is 2.28. The Morgan fingerprint density at radius 3 is 2.53 bits per heavy atom. The minimum Gasteiger partial charge on any atom is -0.397 e. The van der Waals surface area contributed by atoms with E-state index in [0.717, 1.165) is 4.31 Å². The van der Waals surface area contributed by atoms with E-state index in [1.54, 1.807) is 13.0 Å². The number of aliphatic hydroxyl groups excluding tert-OH is 1. The Hall–Kier alpha value is -1.31. The van der Waals surface area contributed by atoms with Crippen molar-refractivity contribution in [2.24, 2.45) is 0 Å². The van der Waals surface area contributed by atoms with Crippen LogP contribution in [-0.2, 0) is 10.0 Å². The lowest BCUT2D eigenvalue weighted by Crippen LogP contribution is -2.22. The predicted octanol–water partition coefficient (Wildman–Crippen LogP) is 0.702. The molecule has 0 aliphatic carbocycles. The Bertz CT molecular complexity index is 527. The number of aliphatic hydroxyl groups is 1. The van der Waals surface area contributed by atoms with E-state index in [9.17, 15) is 8.42 Å². The SMILES string of the molecule is CC(O)CCNc1ccc(S(=O)(=O)N(C)C)cc1N. The quantitative estimate of drug-likeness (QED) is 0.669. The highest BCUT2D eigenvalue weighted by Crippen LogP contribution is 2.23. The summed E-state index contributed by atoms with van der Waals surface area (Å²) < 4.78 is 25.0. The maximum Gasteiger partial charge on any atom is 0.242 e. The van der Waals surface area contributed by atoms with E-state index in [-0.39, 0.29) is 11.0 Å². The lowest BCUT2D eigenvalue weighted by molar-refractivity contribution is 0.189. The van der Waals surface area contributed by atoms with Crippen LogP contribution in [0.2, 0.25) is 0 Å². The average Bonchev–Trinajstić information content (AvgIpc) is 2.30. The molecule has 6 nitrogen and oxygen atoms in total. The third-order valence-electron chi connectivity index (χ3n) is 2.68. The predicted molar refractivity (Wildman–Crippen MR) is 76.5 cm³/mol. The van der Waals surface area contributed by atoms with Gasteiger partial charge < -0.3 is 16.2 Å². The van der Waals surface area contributed by atoms with E-state index in [1.807, 2.05) is 0 Å². The van der Waals surface area contributed by atoms with E-state index in [4.69, 9.17) is 10.8 Å². The van der Waals surface area contributed by atoms with Crippen LogP contribution in [0.4, 0.5) is 11.4 Å². The molecule has 0 bridgehead atoms. The van der Waals surface area contributed by atoms with Gasteiger partial charge in [-0.3, -0.25) is 0 Å². The second-order valence-electron chi connectivity index (χ2n) is 4.60. The van der Waals surface area contributed by atoms with Gasteiger partial charge in [0.1, 0.15) is 0 Å². The first-order valence-corrected chi connectivity index (χ1v) is 7.43. The molecule has 0 fully saturated rings. The standard InChI is InChI=1S/C12H21N3O3S/c1-9(16)6-7-14-12-5-4-10(8-11(12)13)19(17,18)15(2)3/h4-5,8-9,14,16H,6-7,13H2,1-3H3. The van der Waals surface area contributed by atoms with Crippen LogP contribution in [0.15, 0.2) is 23.1 Å². The van der Waals surface area contributed by atoms with Gasteiger partial charge in [-0.25, -0.2) is 12.7 Å². The van der Waals surface area contributed by atoms with Crippen molar-refractivity contribution in [2.45, 2.75) is 24.3 Å². The molecule has 1 aromatic carbocycles. The molecular formula is C12H21N3O3S. The lowest BCUT2D eigenvalue weighted by atomic mass is 10.2. The van der Waals surface area contributed by atoms with Gasteiger partial charge in [-0.05, 0) is 31.5 Å². The van der Waals surface area contributed by atoms with Gasteiger partial charge in [0.05, 0.1) is 22.4 Å². The summed E-state index contributed by atoms with van der Waals surface area (Å²) in [5.41, 5.74) is 6.86. The molecule has 0 spiro atoms. The molecule has 1 atom stereocenters. The van der Waals surface area contributed by atoms with Crippen LogP contribution in [0.5, 0.6) is 0 Å². The van der Waals surface area contributed by atoms with Crippen LogP contribution in [0.25, 0.3) is 0 Å². The second-order valence-corrected chi connectivity index (χ2v) is 6.75. The Balaban J connectivity index is 2.86. The summed E-state index contributed by atoms with van der Waals surface area (Å²) >= 11 is 0. The van der Waals surface area contributed by atoms with E-state index < -0.39 is 10.0 Å². The molecule has 4 N–H and O–H groups in total. The van der Waals surface area contributed by atoms with Crippen LogP contribution in [0.1, 0.15) is 13.3 Å². The van der Waals surface area contributed by atoms with Crippen molar-refractivity contribution in [3.05, 3.63) is 18.2 Å². The summed E-state index contributed by atoms with van der Waals surface area (Å²) in [5.74, 6) is 0. The average molecular weight is 287 g/mol. The largest absolute Gasteiger partial charge is 0.397 e. The zero-order valence-corrected chi connectivity index (χ0v) is 12.2. The second kappa shape index (κ2) is 6.23. The minimum atomic E-state index is -3.46. The third-order valence-corrected chi connectivity index (χ3v) is 4.49. The van der Waals surface area contributed by atoms with Crippen LogP contribution in [0.3, 0.4) is 0 Å².